The Morgan fingerprint density at radius 3 is 2.46 bits per heavy atom. The molecule has 1 aromatic heterocycles. The van der Waals surface area contributed by atoms with Crippen LogP contribution in [0, 0.1) is 24.2 Å². The summed E-state index contributed by atoms with van der Waals surface area (Å²) in [5, 5.41) is 18.3. The average Bonchev–Trinajstić information content (AvgIpc) is 2.94. The largest absolute Gasteiger partial charge is 0.493 e. The third kappa shape index (κ3) is 7.11. The molecular formula is C33H37N3O3. The molecule has 0 atom stereocenters. The Balaban J connectivity index is 1.57. The monoisotopic (exact) mass is 523 g/mol. The summed E-state index contributed by atoms with van der Waals surface area (Å²) < 4.78 is 6.08. The fourth-order valence-electron chi connectivity index (χ4n) is 5.44. The van der Waals surface area contributed by atoms with Gasteiger partial charge in [0.15, 0.2) is 0 Å². The van der Waals surface area contributed by atoms with Gasteiger partial charge in [0.2, 0.25) is 0 Å². The topological polar surface area (TPSA) is 95.6 Å². The van der Waals surface area contributed by atoms with Crippen molar-refractivity contribution in [2.45, 2.75) is 71.6 Å². The minimum Gasteiger partial charge on any atom is -0.493 e. The van der Waals surface area contributed by atoms with Crippen LogP contribution in [0.3, 0.4) is 0 Å². The summed E-state index contributed by atoms with van der Waals surface area (Å²) in [6.07, 6.45) is 7.89. The number of aromatic nitrogens is 1. The van der Waals surface area contributed by atoms with Gasteiger partial charge in [0.1, 0.15) is 5.75 Å². The van der Waals surface area contributed by atoms with Gasteiger partial charge in [0, 0.05) is 24.2 Å². The van der Waals surface area contributed by atoms with E-state index in [2.05, 4.69) is 37.3 Å². The lowest BCUT2D eigenvalue weighted by Crippen LogP contribution is -2.16. The first kappa shape index (κ1) is 28.0. The third-order valence-electron chi connectivity index (χ3n) is 7.53. The molecule has 6 nitrogen and oxygen atoms in total. The number of aliphatic carboxylic acids is 1. The van der Waals surface area contributed by atoms with Crippen molar-refractivity contribution < 1.29 is 14.6 Å². The van der Waals surface area contributed by atoms with Gasteiger partial charge in [0.25, 0.3) is 0 Å². The Morgan fingerprint density at radius 2 is 1.85 bits per heavy atom. The number of hydrogen-bond donors (Lipinski definition) is 1. The number of aryl methyl sites for hydroxylation is 1. The number of carboxylic acids is 1. The number of carbonyl (C=O) groups is 1. The fourth-order valence-corrected chi connectivity index (χ4v) is 5.44. The summed E-state index contributed by atoms with van der Waals surface area (Å²) in [5.74, 6) is 0.864. The Morgan fingerprint density at radius 1 is 1.10 bits per heavy atom. The minimum atomic E-state index is -0.690. The third-order valence-corrected chi connectivity index (χ3v) is 7.53. The van der Waals surface area contributed by atoms with Gasteiger partial charge in [0.05, 0.1) is 40.9 Å². The zero-order valence-electron chi connectivity index (χ0n) is 23.1. The second-order valence-corrected chi connectivity index (χ2v) is 10.4. The second-order valence-electron chi connectivity index (χ2n) is 10.4. The van der Waals surface area contributed by atoms with Crippen LogP contribution in [0.5, 0.6) is 5.75 Å². The van der Waals surface area contributed by atoms with Crippen molar-refractivity contribution in [2.75, 3.05) is 6.61 Å². The van der Waals surface area contributed by atoms with Crippen molar-refractivity contribution in [1.82, 2.24) is 4.98 Å². The standard InChI is InChI=1S/C33H37N3O3/c1-4-6-30(36-29-16-9-24(20-34)17-22(29)3)28-21-35-31(19-32(28)39-5-2)27-14-12-26(13-15-27)25-10-7-23(8-11-25)18-33(37)38/h9,12-17,19,21,23,25H,4-8,10-11,18H2,1-3H3,(H,37,38). The van der Waals surface area contributed by atoms with E-state index in [4.69, 9.17) is 19.8 Å². The molecule has 0 radical (unpaired) electrons. The molecule has 1 saturated carbocycles. The molecule has 0 aliphatic heterocycles. The van der Waals surface area contributed by atoms with Gasteiger partial charge in [-0.3, -0.25) is 14.8 Å². The molecule has 1 aliphatic carbocycles. The molecule has 202 valence electrons. The highest BCUT2D eigenvalue weighted by Gasteiger charge is 2.24. The molecule has 0 unspecified atom stereocenters. The maximum absolute atomic E-state index is 11.0. The van der Waals surface area contributed by atoms with Gasteiger partial charge < -0.3 is 9.84 Å². The Bertz CT molecular complexity index is 1360. The van der Waals surface area contributed by atoms with Crippen molar-refractivity contribution in [3.05, 3.63) is 77.0 Å². The summed E-state index contributed by atoms with van der Waals surface area (Å²) in [5.41, 5.74) is 7.43. The van der Waals surface area contributed by atoms with Crippen LogP contribution in [0.4, 0.5) is 5.69 Å². The molecular weight excluding hydrogens is 486 g/mol. The number of benzene rings is 2. The number of nitriles is 1. The SMILES string of the molecule is CCCC(=Nc1ccc(C#N)cc1C)c1cnc(-c2ccc(C3CCC(CC(=O)O)CC3)cc2)cc1OCC. The number of ether oxygens (including phenoxy) is 1. The van der Waals surface area contributed by atoms with Crippen LogP contribution in [-0.4, -0.2) is 28.4 Å². The van der Waals surface area contributed by atoms with Crippen molar-refractivity contribution in [1.29, 1.82) is 5.26 Å². The predicted molar refractivity (Wildman–Crippen MR) is 155 cm³/mol. The average molecular weight is 524 g/mol. The molecule has 2 aromatic carbocycles. The lowest BCUT2D eigenvalue weighted by Gasteiger charge is -2.28. The van der Waals surface area contributed by atoms with Crippen LogP contribution in [0.25, 0.3) is 11.3 Å². The molecule has 4 rings (SSSR count). The molecule has 0 bridgehead atoms. The Hall–Kier alpha value is -3.98. The predicted octanol–water partition coefficient (Wildman–Crippen LogP) is 8.00. The summed E-state index contributed by atoms with van der Waals surface area (Å²) in [6.45, 7) is 6.61. The highest BCUT2D eigenvalue weighted by Crippen LogP contribution is 2.38. The van der Waals surface area contributed by atoms with E-state index in [9.17, 15) is 10.1 Å². The molecule has 1 aliphatic rings. The van der Waals surface area contributed by atoms with Crippen molar-refractivity contribution in [3.63, 3.8) is 0 Å². The summed E-state index contributed by atoms with van der Waals surface area (Å²) in [7, 11) is 0. The Labute approximate surface area is 231 Å². The maximum atomic E-state index is 11.0. The van der Waals surface area contributed by atoms with Gasteiger partial charge in [-0.05, 0) is 87.1 Å². The molecule has 0 saturated heterocycles. The molecule has 6 heteroatoms. The van der Waals surface area contributed by atoms with E-state index < -0.39 is 5.97 Å². The van der Waals surface area contributed by atoms with Crippen LogP contribution in [0.15, 0.2) is 59.7 Å². The number of carboxylic acid groups (broad SMARTS) is 1. The zero-order chi connectivity index (χ0) is 27.8. The zero-order valence-corrected chi connectivity index (χ0v) is 23.1. The molecule has 0 amide bonds. The van der Waals surface area contributed by atoms with E-state index >= 15 is 0 Å². The first-order valence-electron chi connectivity index (χ1n) is 13.9. The van der Waals surface area contributed by atoms with Gasteiger partial charge in [-0.15, -0.1) is 0 Å². The van der Waals surface area contributed by atoms with Crippen molar-refractivity contribution in [2.24, 2.45) is 10.9 Å². The van der Waals surface area contributed by atoms with E-state index in [-0.39, 0.29) is 6.42 Å². The van der Waals surface area contributed by atoms with Gasteiger partial charge in [-0.2, -0.15) is 5.26 Å². The number of rotatable bonds is 10. The maximum Gasteiger partial charge on any atom is 0.303 e. The fraction of sp³-hybridized carbons (Fsp3) is 0.394. The normalized spacial score (nSPS) is 17.4. The van der Waals surface area contributed by atoms with E-state index in [0.717, 1.165) is 78.1 Å². The molecule has 1 N–H and O–H groups in total. The van der Waals surface area contributed by atoms with Gasteiger partial charge in [-0.1, -0.05) is 37.6 Å². The lowest BCUT2D eigenvalue weighted by atomic mass is 9.77. The first-order chi connectivity index (χ1) is 18.9. The van der Waals surface area contributed by atoms with Crippen LogP contribution >= 0.6 is 0 Å². The van der Waals surface area contributed by atoms with Crippen LogP contribution in [-0.2, 0) is 4.79 Å². The highest BCUT2D eigenvalue weighted by molar-refractivity contribution is 6.04. The molecule has 3 aromatic rings. The number of nitrogens with zero attached hydrogens (tertiary/aromatic N) is 3. The number of pyridine rings is 1. The van der Waals surface area contributed by atoms with Gasteiger partial charge >= 0.3 is 5.97 Å². The number of aliphatic imine (C=N–C) groups is 1. The summed E-state index contributed by atoms with van der Waals surface area (Å²) in [4.78, 5) is 20.8. The number of hydrogen-bond acceptors (Lipinski definition) is 5. The molecule has 0 spiro atoms. The van der Waals surface area contributed by atoms with Crippen molar-refractivity contribution >= 4 is 17.4 Å². The Kier molecular flexibility index (Phi) is 9.49. The van der Waals surface area contributed by atoms with E-state index in [0.29, 0.717) is 24.0 Å². The van der Waals surface area contributed by atoms with E-state index in [1.165, 1.54) is 5.56 Å². The van der Waals surface area contributed by atoms with Crippen LogP contribution < -0.4 is 4.74 Å². The smallest absolute Gasteiger partial charge is 0.303 e. The first-order valence-corrected chi connectivity index (χ1v) is 13.9. The molecule has 1 heterocycles. The van der Waals surface area contributed by atoms with E-state index in [1.54, 1.807) is 6.07 Å². The minimum absolute atomic E-state index is 0.285. The van der Waals surface area contributed by atoms with E-state index in [1.807, 2.05) is 38.2 Å². The summed E-state index contributed by atoms with van der Waals surface area (Å²) in [6, 6.07) is 18.4. The lowest BCUT2D eigenvalue weighted by molar-refractivity contribution is -0.138. The van der Waals surface area contributed by atoms with Crippen LogP contribution in [0.1, 0.15) is 87.0 Å². The van der Waals surface area contributed by atoms with Crippen molar-refractivity contribution in [3.8, 4) is 23.1 Å². The second kappa shape index (κ2) is 13.2. The highest BCUT2D eigenvalue weighted by atomic mass is 16.5. The molecule has 39 heavy (non-hydrogen) atoms. The quantitative estimate of drug-likeness (QED) is 0.272. The van der Waals surface area contributed by atoms with Crippen LogP contribution in [0.2, 0.25) is 0 Å². The summed E-state index contributed by atoms with van der Waals surface area (Å²) >= 11 is 0. The van der Waals surface area contributed by atoms with Gasteiger partial charge in [-0.25, -0.2) is 0 Å². The molecule has 1 fully saturated rings.